The highest BCUT2D eigenvalue weighted by Crippen LogP contribution is 2.36. The number of amides is 1. The molecule has 3 aliphatic rings. The molecule has 2 aromatic carbocycles. The maximum absolute atomic E-state index is 12.5. The lowest BCUT2D eigenvalue weighted by Gasteiger charge is -2.39. The van der Waals surface area contributed by atoms with Crippen molar-refractivity contribution in [2.75, 3.05) is 64.6 Å². The van der Waals surface area contributed by atoms with Gasteiger partial charge in [-0.15, -0.1) is 0 Å². The minimum absolute atomic E-state index is 0.0200. The summed E-state index contributed by atoms with van der Waals surface area (Å²) in [4.78, 5) is 14.9. The molecule has 2 fully saturated rings. The largest absolute Gasteiger partial charge is 0.490 e. The molecule has 2 aromatic rings. The van der Waals surface area contributed by atoms with E-state index in [1.807, 2.05) is 0 Å². The summed E-state index contributed by atoms with van der Waals surface area (Å²) >= 11 is 0. The summed E-state index contributed by atoms with van der Waals surface area (Å²) in [6.07, 6.45) is 6.09. The number of piperidine rings is 1. The Bertz CT molecular complexity index is 1140. The van der Waals surface area contributed by atoms with Crippen LogP contribution in [0.3, 0.4) is 0 Å². The van der Waals surface area contributed by atoms with Gasteiger partial charge < -0.3 is 34.5 Å². The molecule has 1 aliphatic carbocycles. The highest BCUT2D eigenvalue weighted by molar-refractivity contribution is 5.75. The van der Waals surface area contributed by atoms with E-state index in [4.69, 9.17) is 18.9 Å². The number of fused-ring (bicyclic) bond motifs is 1. The van der Waals surface area contributed by atoms with Crippen molar-refractivity contribution >= 4 is 11.6 Å². The predicted octanol–water partition coefficient (Wildman–Crippen LogP) is 5.04. The SMILES string of the molecule is CCCCC(=O)NC[C@@H]1CNC[C@H](OCc2ccc3c(c2)N(CCCOC)CCO3)[C@H]1c1ccc(COCC2CC2)cc1. The Kier molecular flexibility index (Phi) is 12.1. The molecule has 236 valence electrons. The zero-order valence-corrected chi connectivity index (χ0v) is 26.2. The highest BCUT2D eigenvalue weighted by atomic mass is 16.5. The number of nitrogens with zero attached hydrogens (tertiary/aromatic N) is 1. The molecule has 1 saturated heterocycles. The van der Waals surface area contributed by atoms with Crippen LogP contribution in [0.2, 0.25) is 0 Å². The summed E-state index contributed by atoms with van der Waals surface area (Å²) in [7, 11) is 1.75. The van der Waals surface area contributed by atoms with Crippen molar-refractivity contribution in [2.45, 2.75) is 70.7 Å². The first-order chi connectivity index (χ1) is 21.1. The number of nitrogens with one attached hydrogen (secondary N) is 2. The number of methoxy groups -OCH3 is 1. The van der Waals surface area contributed by atoms with Crippen LogP contribution in [0.4, 0.5) is 5.69 Å². The molecule has 8 heteroatoms. The first-order valence-electron chi connectivity index (χ1n) is 16.4. The predicted molar refractivity (Wildman–Crippen MR) is 170 cm³/mol. The first kappa shape index (κ1) is 31.8. The number of unbranched alkanes of at least 4 members (excludes halogenated alkanes) is 1. The lowest BCUT2D eigenvalue weighted by molar-refractivity contribution is -0.121. The second-order valence-electron chi connectivity index (χ2n) is 12.4. The Labute approximate surface area is 257 Å². The lowest BCUT2D eigenvalue weighted by atomic mass is 9.79. The highest BCUT2D eigenvalue weighted by Gasteiger charge is 2.35. The third-order valence-electron chi connectivity index (χ3n) is 8.89. The standard InChI is InChI=1S/C35H51N3O5/c1-3-4-6-34(39)37-21-30-20-36-22-33(35(30)29-12-9-27(10-13-29)24-41-23-26-7-8-26)43-25-28-11-14-32-31(19-28)38(16-18-42-32)15-5-17-40-2/h9-14,19,26,30,33,35-36H,3-8,15-18,20-25H2,1-2H3,(H,37,39)/t30-,33-,35-/m0/s1. The fourth-order valence-corrected chi connectivity index (χ4v) is 6.20. The quantitative estimate of drug-likeness (QED) is 0.249. The van der Waals surface area contributed by atoms with Gasteiger partial charge >= 0.3 is 0 Å². The average molecular weight is 594 g/mol. The number of ether oxygens (including phenoxy) is 4. The first-order valence-corrected chi connectivity index (χ1v) is 16.4. The van der Waals surface area contributed by atoms with E-state index in [2.05, 4.69) is 64.9 Å². The van der Waals surface area contributed by atoms with Gasteiger partial charge in [-0.05, 0) is 66.3 Å². The minimum atomic E-state index is -0.0200. The Hall–Kier alpha value is -2.65. The van der Waals surface area contributed by atoms with E-state index in [1.54, 1.807) is 7.11 Å². The number of hydrogen-bond acceptors (Lipinski definition) is 7. The van der Waals surface area contributed by atoms with E-state index in [0.717, 1.165) is 81.6 Å². The Morgan fingerprint density at radius 1 is 1.07 bits per heavy atom. The smallest absolute Gasteiger partial charge is 0.220 e. The summed E-state index contributed by atoms with van der Waals surface area (Å²) in [5.41, 5.74) is 4.73. The van der Waals surface area contributed by atoms with Crippen molar-refractivity contribution < 1.29 is 23.7 Å². The molecular formula is C35H51N3O5. The van der Waals surface area contributed by atoms with Crippen molar-refractivity contribution in [3.8, 4) is 5.75 Å². The number of rotatable bonds is 17. The molecule has 2 aliphatic heterocycles. The van der Waals surface area contributed by atoms with E-state index >= 15 is 0 Å². The molecule has 0 radical (unpaired) electrons. The molecule has 43 heavy (non-hydrogen) atoms. The van der Waals surface area contributed by atoms with Gasteiger partial charge in [0.1, 0.15) is 12.4 Å². The molecular weight excluding hydrogens is 542 g/mol. The van der Waals surface area contributed by atoms with E-state index in [0.29, 0.717) is 32.8 Å². The van der Waals surface area contributed by atoms with Crippen LogP contribution in [0.1, 0.15) is 68.1 Å². The van der Waals surface area contributed by atoms with Crippen LogP contribution in [0.15, 0.2) is 42.5 Å². The van der Waals surface area contributed by atoms with Crippen molar-refractivity contribution in [2.24, 2.45) is 11.8 Å². The van der Waals surface area contributed by atoms with E-state index in [1.165, 1.54) is 24.0 Å². The maximum Gasteiger partial charge on any atom is 0.220 e. The number of carbonyl (C=O) groups excluding carboxylic acids is 1. The van der Waals surface area contributed by atoms with Gasteiger partial charge in [-0.2, -0.15) is 0 Å². The number of carbonyl (C=O) groups is 1. The van der Waals surface area contributed by atoms with Gasteiger partial charge in [-0.1, -0.05) is 43.7 Å². The fraction of sp³-hybridized carbons (Fsp3) is 0.629. The molecule has 0 bridgehead atoms. The normalized spacial score (nSPS) is 21.7. The Morgan fingerprint density at radius 3 is 2.70 bits per heavy atom. The molecule has 0 spiro atoms. The summed E-state index contributed by atoms with van der Waals surface area (Å²) in [5, 5.41) is 6.81. The lowest BCUT2D eigenvalue weighted by Crippen LogP contribution is -2.50. The molecule has 5 rings (SSSR count). The van der Waals surface area contributed by atoms with Gasteiger partial charge in [0.05, 0.1) is 31.5 Å². The van der Waals surface area contributed by atoms with Crippen LogP contribution in [-0.4, -0.2) is 71.7 Å². The molecule has 3 atom stereocenters. The summed E-state index contributed by atoms with van der Waals surface area (Å²) < 4.78 is 23.9. The van der Waals surface area contributed by atoms with Crippen LogP contribution < -0.4 is 20.3 Å². The third-order valence-corrected chi connectivity index (χ3v) is 8.89. The van der Waals surface area contributed by atoms with Crippen LogP contribution in [0.5, 0.6) is 5.75 Å². The minimum Gasteiger partial charge on any atom is -0.490 e. The molecule has 0 unspecified atom stereocenters. The zero-order chi connectivity index (χ0) is 29.9. The zero-order valence-electron chi connectivity index (χ0n) is 26.2. The second-order valence-corrected chi connectivity index (χ2v) is 12.4. The molecule has 1 saturated carbocycles. The number of benzene rings is 2. The van der Waals surface area contributed by atoms with Crippen LogP contribution in [0, 0.1) is 11.8 Å². The van der Waals surface area contributed by atoms with Crippen LogP contribution in [-0.2, 0) is 32.2 Å². The number of hydrogen-bond donors (Lipinski definition) is 2. The van der Waals surface area contributed by atoms with Gasteiger partial charge in [0.15, 0.2) is 0 Å². The fourth-order valence-electron chi connectivity index (χ4n) is 6.20. The topological polar surface area (TPSA) is 81.3 Å². The van der Waals surface area contributed by atoms with E-state index in [-0.39, 0.29) is 23.8 Å². The Balaban J connectivity index is 1.26. The second kappa shape index (κ2) is 16.4. The van der Waals surface area contributed by atoms with Crippen LogP contribution >= 0.6 is 0 Å². The molecule has 8 nitrogen and oxygen atoms in total. The van der Waals surface area contributed by atoms with Crippen molar-refractivity contribution in [3.63, 3.8) is 0 Å². The van der Waals surface area contributed by atoms with Gasteiger partial charge in [-0.3, -0.25) is 4.79 Å². The molecule has 1 amide bonds. The Morgan fingerprint density at radius 2 is 1.91 bits per heavy atom. The monoisotopic (exact) mass is 593 g/mol. The third kappa shape index (κ3) is 9.42. The van der Waals surface area contributed by atoms with Gasteiger partial charge in [0.25, 0.3) is 0 Å². The molecule has 2 N–H and O–H groups in total. The maximum atomic E-state index is 12.5. The van der Waals surface area contributed by atoms with Gasteiger partial charge in [0, 0.05) is 58.8 Å². The summed E-state index contributed by atoms with van der Waals surface area (Å²) in [6, 6.07) is 15.3. The molecule has 0 aromatic heterocycles. The van der Waals surface area contributed by atoms with Crippen LogP contribution in [0.25, 0.3) is 0 Å². The number of anilines is 1. The molecule has 2 heterocycles. The van der Waals surface area contributed by atoms with Crippen molar-refractivity contribution in [1.29, 1.82) is 0 Å². The summed E-state index contributed by atoms with van der Waals surface area (Å²) in [6.45, 7) is 9.68. The van der Waals surface area contributed by atoms with Gasteiger partial charge in [0.2, 0.25) is 5.91 Å². The van der Waals surface area contributed by atoms with Crippen molar-refractivity contribution in [3.05, 3.63) is 59.2 Å². The van der Waals surface area contributed by atoms with E-state index < -0.39 is 0 Å². The van der Waals surface area contributed by atoms with E-state index in [9.17, 15) is 4.79 Å². The summed E-state index contributed by atoms with van der Waals surface area (Å²) in [5.74, 6) is 2.24. The van der Waals surface area contributed by atoms with Crippen molar-refractivity contribution in [1.82, 2.24) is 10.6 Å². The van der Waals surface area contributed by atoms with Gasteiger partial charge in [-0.25, -0.2) is 0 Å². The average Bonchev–Trinajstić information content (AvgIpc) is 3.87.